The molecule has 0 atom stereocenters. The molecule has 128 valence electrons. The van der Waals surface area contributed by atoms with Crippen molar-refractivity contribution >= 4 is 23.5 Å². The van der Waals surface area contributed by atoms with Crippen molar-refractivity contribution in [2.24, 2.45) is 11.8 Å². The molecule has 1 saturated heterocycles. The predicted octanol–water partition coefficient (Wildman–Crippen LogP) is 2.06. The van der Waals surface area contributed by atoms with Gasteiger partial charge in [-0.1, -0.05) is 0 Å². The number of methoxy groups -OCH3 is 1. The van der Waals surface area contributed by atoms with E-state index in [0.29, 0.717) is 37.2 Å². The first kappa shape index (κ1) is 16.5. The minimum absolute atomic E-state index is 0.0284. The fourth-order valence-corrected chi connectivity index (χ4v) is 3.00. The molecular formula is C18H22N2O4. The fraction of sp³-hybridized carbons (Fsp3) is 0.500. The number of hydrogen-bond donors (Lipinski definition) is 1. The fourth-order valence-electron chi connectivity index (χ4n) is 3.00. The Labute approximate surface area is 141 Å². The number of carbonyl (C=O) groups is 3. The average molecular weight is 330 g/mol. The largest absolute Gasteiger partial charge is 0.465 e. The third-order valence-electron chi connectivity index (χ3n) is 4.68. The summed E-state index contributed by atoms with van der Waals surface area (Å²) in [6, 6.07) is 6.63. The van der Waals surface area contributed by atoms with Gasteiger partial charge in [0.2, 0.25) is 11.8 Å². The Morgan fingerprint density at radius 3 is 2.17 bits per heavy atom. The molecule has 0 radical (unpaired) electrons. The van der Waals surface area contributed by atoms with Gasteiger partial charge in [0.15, 0.2) is 0 Å². The first-order chi connectivity index (χ1) is 11.6. The Morgan fingerprint density at radius 1 is 1.00 bits per heavy atom. The highest BCUT2D eigenvalue weighted by atomic mass is 16.5. The van der Waals surface area contributed by atoms with E-state index in [1.165, 1.54) is 7.11 Å². The van der Waals surface area contributed by atoms with E-state index in [0.717, 1.165) is 12.8 Å². The number of nitrogens with zero attached hydrogens (tertiary/aromatic N) is 1. The zero-order chi connectivity index (χ0) is 17.1. The van der Waals surface area contributed by atoms with Gasteiger partial charge in [-0.2, -0.15) is 0 Å². The summed E-state index contributed by atoms with van der Waals surface area (Å²) < 4.78 is 4.64. The number of piperidine rings is 1. The SMILES string of the molecule is COC(=O)c1ccc(NC(=O)C2CCN(C(=O)C3CC3)CC2)cc1. The summed E-state index contributed by atoms with van der Waals surface area (Å²) in [6.45, 7) is 1.32. The Kier molecular flexibility index (Phi) is 4.83. The molecule has 1 saturated carbocycles. The van der Waals surface area contributed by atoms with E-state index in [2.05, 4.69) is 10.1 Å². The summed E-state index contributed by atoms with van der Waals surface area (Å²) >= 11 is 0. The highest BCUT2D eigenvalue weighted by molar-refractivity contribution is 5.94. The monoisotopic (exact) mass is 330 g/mol. The van der Waals surface area contributed by atoms with Crippen LogP contribution in [0.25, 0.3) is 0 Å². The molecule has 1 aromatic carbocycles. The van der Waals surface area contributed by atoms with Crippen LogP contribution in [0.5, 0.6) is 0 Å². The van der Waals surface area contributed by atoms with Crippen LogP contribution in [0.4, 0.5) is 5.69 Å². The summed E-state index contributed by atoms with van der Waals surface area (Å²) in [5.41, 5.74) is 1.10. The van der Waals surface area contributed by atoms with E-state index in [-0.39, 0.29) is 23.7 Å². The Morgan fingerprint density at radius 2 is 1.62 bits per heavy atom. The van der Waals surface area contributed by atoms with Crippen LogP contribution in [0, 0.1) is 11.8 Å². The molecule has 1 heterocycles. The first-order valence-corrected chi connectivity index (χ1v) is 8.36. The Bertz CT molecular complexity index is 629. The van der Waals surface area contributed by atoms with Crippen molar-refractivity contribution in [1.29, 1.82) is 0 Å². The van der Waals surface area contributed by atoms with E-state index in [4.69, 9.17) is 0 Å². The maximum atomic E-state index is 12.4. The van der Waals surface area contributed by atoms with Crippen molar-refractivity contribution in [2.45, 2.75) is 25.7 Å². The molecule has 0 bridgehead atoms. The van der Waals surface area contributed by atoms with Gasteiger partial charge in [0.25, 0.3) is 0 Å². The minimum atomic E-state index is -0.402. The standard InChI is InChI=1S/C18H22N2O4/c1-24-18(23)14-4-6-15(7-5-14)19-16(21)12-8-10-20(11-9-12)17(22)13-2-3-13/h4-7,12-13H,2-3,8-11H2,1H3,(H,19,21). The molecule has 0 spiro atoms. The van der Waals surface area contributed by atoms with Crippen LogP contribution < -0.4 is 5.32 Å². The molecule has 1 aliphatic carbocycles. The van der Waals surface area contributed by atoms with Crippen LogP contribution in [0.1, 0.15) is 36.0 Å². The van der Waals surface area contributed by atoms with Crippen LogP contribution in [0.15, 0.2) is 24.3 Å². The average Bonchev–Trinajstić information content (AvgIpc) is 3.46. The number of rotatable bonds is 4. The van der Waals surface area contributed by atoms with Crippen molar-refractivity contribution in [3.63, 3.8) is 0 Å². The Balaban J connectivity index is 1.50. The summed E-state index contributed by atoms with van der Waals surface area (Å²) in [7, 11) is 1.33. The molecule has 3 rings (SSSR count). The van der Waals surface area contributed by atoms with Gasteiger partial charge >= 0.3 is 5.97 Å². The smallest absolute Gasteiger partial charge is 0.337 e. The van der Waals surface area contributed by atoms with Gasteiger partial charge in [-0.25, -0.2) is 4.79 Å². The zero-order valence-electron chi connectivity index (χ0n) is 13.8. The van der Waals surface area contributed by atoms with Crippen LogP contribution >= 0.6 is 0 Å². The van der Waals surface area contributed by atoms with Gasteiger partial charge in [0, 0.05) is 30.6 Å². The molecule has 0 aromatic heterocycles. The molecule has 0 unspecified atom stereocenters. The van der Waals surface area contributed by atoms with E-state index in [1.807, 2.05) is 4.90 Å². The summed E-state index contributed by atoms with van der Waals surface area (Å²) in [5, 5.41) is 2.88. The second-order valence-corrected chi connectivity index (χ2v) is 6.43. The Hall–Kier alpha value is -2.37. The lowest BCUT2D eigenvalue weighted by Gasteiger charge is -2.31. The lowest BCUT2D eigenvalue weighted by Crippen LogP contribution is -2.42. The van der Waals surface area contributed by atoms with Gasteiger partial charge in [-0.3, -0.25) is 9.59 Å². The maximum absolute atomic E-state index is 12.4. The lowest BCUT2D eigenvalue weighted by molar-refractivity contribution is -0.135. The number of hydrogen-bond acceptors (Lipinski definition) is 4. The lowest BCUT2D eigenvalue weighted by atomic mass is 9.95. The summed E-state index contributed by atoms with van der Waals surface area (Å²) in [6.07, 6.45) is 3.43. The van der Waals surface area contributed by atoms with Gasteiger partial charge in [0.05, 0.1) is 12.7 Å². The highest BCUT2D eigenvalue weighted by Gasteiger charge is 2.35. The van der Waals surface area contributed by atoms with Gasteiger partial charge in [0.1, 0.15) is 0 Å². The summed E-state index contributed by atoms with van der Waals surface area (Å²) in [4.78, 5) is 37.7. The second kappa shape index (κ2) is 7.03. The number of anilines is 1. The van der Waals surface area contributed by atoms with Crippen molar-refractivity contribution < 1.29 is 19.1 Å². The normalized spacial score (nSPS) is 18.1. The highest BCUT2D eigenvalue weighted by Crippen LogP contribution is 2.32. The first-order valence-electron chi connectivity index (χ1n) is 8.36. The van der Waals surface area contributed by atoms with Crippen LogP contribution in [0.2, 0.25) is 0 Å². The maximum Gasteiger partial charge on any atom is 0.337 e. The van der Waals surface area contributed by atoms with Crippen LogP contribution in [-0.4, -0.2) is 42.9 Å². The second-order valence-electron chi connectivity index (χ2n) is 6.43. The van der Waals surface area contributed by atoms with Crippen molar-refractivity contribution in [2.75, 3.05) is 25.5 Å². The number of amides is 2. The molecule has 2 aliphatic rings. The molecule has 2 fully saturated rings. The number of nitrogens with one attached hydrogen (secondary N) is 1. The van der Waals surface area contributed by atoms with Crippen LogP contribution in [0.3, 0.4) is 0 Å². The number of carbonyl (C=O) groups excluding carboxylic acids is 3. The topological polar surface area (TPSA) is 75.7 Å². The molecule has 1 aromatic rings. The third-order valence-corrected chi connectivity index (χ3v) is 4.68. The number of ether oxygens (including phenoxy) is 1. The minimum Gasteiger partial charge on any atom is -0.465 e. The van der Waals surface area contributed by atoms with Gasteiger partial charge in [-0.05, 0) is 49.9 Å². The predicted molar refractivity (Wildman–Crippen MR) is 88.4 cm³/mol. The molecule has 24 heavy (non-hydrogen) atoms. The molecule has 6 nitrogen and oxygen atoms in total. The van der Waals surface area contributed by atoms with E-state index in [9.17, 15) is 14.4 Å². The van der Waals surface area contributed by atoms with Crippen molar-refractivity contribution in [3.05, 3.63) is 29.8 Å². The van der Waals surface area contributed by atoms with Gasteiger partial charge in [-0.15, -0.1) is 0 Å². The summed E-state index contributed by atoms with van der Waals surface area (Å²) in [5.74, 6) is -0.00980. The number of esters is 1. The molecule has 1 N–H and O–H groups in total. The van der Waals surface area contributed by atoms with Crippen molar-refractivity contribution in [3.8, 4) is 0 Å². The van der Waals surface area contributed by atoms with E-state index < -0.39 is 5.97 Å². The third kappa shape index (κ3) is 3.75. The quantitative estimate of drug-likeness (QED) is 0.858. The van der Waals surface area contributed by atoms with Gasteiger partial charge < -0.3 is 15.0 Å². The molecular weight excluding hydrogens is 308 g/mol. The van der Waals surface area contributed by atoms with E-state index >= 15 is 0 Å². The molecule has 1 aliphatic heterocycles. The van der Waals surface area contributed by atoms with E-state index in [1.54, 1.807) is 24.3 Å². The van der Waals surface area contributed by atoms with Crippen molar-refractivity contribution in [1.82, 2.24) is 4.90 Å². The van der Waals surface area contributed by atoms with Crippen LogP contribution in [-0.2, 0) is 14.3 Å². The zero-order valence-corrected chi connectivity index (χ0v) is 13.8. The number of likely N-dealkylation sites (tertiary alicyclic amines) is 1. The molecule has 2 amide bonds. The number of benzene rings is 1. The molecule has 6 heteroatoms.